The van der Waals surface area contributed by atoms with Crippen LogP contribution in [0.1, 0.15) is 17.2 Å². The van der Waals surface area contributed by atoms with E-state index in [0.29, 0.717) is 11.1 Å². The van der Waals surface area contributed by atoms with Crippen LogP contribution in [-0.2, 0) is 11.8 Å². The molecule has 2 aromatic rings. The smallest absolute Gasteiger partial charge is 0.330 e. The summed E-state index contributed by atoms with van der Waals surface area (Å²) in [5.41, 5.74) is 0.715. The average molecular weight is 291 g/mol. The van der Waals surface area contributed by atoms with Gasteiger partial charge in [0.15, 0.2) is 6.04 Å². The van der Waals surface area contributed by atoms with Gasteiger partial charge in [-0.25, -0.2) is 9.78 Å². The molecule has 0 saturated carbocycles. The summed E-state index contributed by atoms with van der Waals surface area (Å²) in [6, 6.07) is 0.157. The fourth-order valence-electron chi connectivity index (χ4n) is 1.82. The lowest BCUT2D eigenvalue weighted by Crippen LogP contribution is -2.21. The first-order chi connectivity index (χ1) is 9.88. The molecule has 2 N–H and O–H groups in total. The number of nitrogens with one attached hydrogen (secondary N) is 1. The van der Waals surface area contributed by atoms with Crippen LogP contribution >= 0.6 is 0 Å². The van der Waals surface area contributed by atoms with E-state index in [0.717, 1.165) is 0 Å². The molecule has 0 bridgehead atoms. The summed E-state index contributed by atoms with van der Waals surface area (Å²) in [5, 5.41) is 26.8. The molecule has 0 saturated heterocycles. The van der Waals surface area contributed by atoms with Crippen molar-refractivity contribution in [3.8, 4) is 0 Å². The molecule has 0 radical (unpaired) electrons. The van der Waals surface area contributed by atoms with Crippen LogP contribution in [0.5, 0.6) is 0 Å². The van der Waals surface area contributed by atoms with E-state index in [-0.39, 0.29) is 11.5 Å². The predicted molar refractivity (Wildman–Crippen MR) is 72.8 cm³/mol. The summed E-state index contributed by atoms with van der Waals surface area (Å²) < 4.78 is 1.45. The van der Waals surface area contributed by atoms with E-state index < -0.39 is 16.9 Å². The minimum Gasteiger partial charge on any atom is -0.479 e. The van der Waals surface area contributed by atoms with Gasteiger partial charge in [0.2, 0.25) is 5.82 Å². The van der Waals surface area contributed by atoms with Gasteiger partial charge in [0.1, 0.15) is 0 Å². The van der Waals surface area contributed by atoms with Gasteiger partial charge in [-0.2, -0.15) is 5.10 Å². The standard InChI is InChI=1S/C12H13N5O4/c1-7-3-9(17(20)21)11(13-4-7)15-10(12(18)19)8-5-14-16(2)6-8/h3-6,10H,1-2H3,(H,13,15)(H,18,19). The molecular weight excluding hydrogens is 278 g/mol. The van der Waals surface area contributed by atoms with Crippen molar-refractivity contribution in [2.75, 3.05) is 5.32 Å². The molecule has 9 heteroatoms. The Kier molecular flexibility index (Phi) is 3.83. The van der Waals surface area contributed by atoms with E-state index in [1.54, 1.807) is 14.0 Å². The summed E-state index contributed by atoms with van der Waals surface area (Å²) in [7, 11) is 1.65. The maximum atomic E-state index is 11.4. The van der Waals surface area contributed by atoms with E-state index in [1.807, 2.05) is 0 Å². The van der Waals surface area contributed by atoms with Gasteiger partial charge in [-0.05, 0) is 12.5 Å². The Labute approximate surface area is 119 Å². The van der Waals surface area contributed by atoms with Crippen LogP contribution in [0.4, 0.5) is 11.5 Å². The van der Waals surface area contributed by atoms with Crippen molar-refractivity contribution in [2.24, 2.45) is 7.05 Å². The molecule has 0 aromatic carbocycles. The Balaban J connectivity index is 2.38. The van der Waals surface area contributed by atoms with E-state index >= 15 is 0 Å². The van der Waals surface area contributed by atoms with Gasteiger partial charge in [-0.3, -0.25) is 14.8 Å². The van der Waals surface area contributed by atoms with Crippen LogP contribution in [0.15, 0.2) is 24.7 Å². The van der Waals surface area contributed by atoms with Crippen LogP contribution in [-0.4, -0.2) is 30.8 Å². The molecule has 0 aliphatic carbocycles. The number of anilines is 1. The number of nitrogens with zero attached hydrogens (tertiary/aromatic N) is 4. The summed E-state index contributed by atoms with van der Waals surface area (Å²) in [4.78, 5) is 25.7. The number of carbonyl (C=O) groups is 1. The molecule has 0 spiro atoms. The number of pyridine rings is 1. The SMILES string of the molecule is Cc1cnc(NC(C(=O)O)c2cnn(C)c2)c([N+](=O)[O-])c1. The first-order valence-corrected chi connectivity index (χ1v) is 5.97. The zero-order valence-electron chi connectivity index (χ0n) is 11.3. The molecule has 1 atom stereocenters. The number of rotatable bonds is 5. The quantitative estimate of drug-likeness (QED) is 0.628. The van der Waals surface area contributed by atoms with Gasteiger partial charge < -0.3 is 10.4 Å². The van der Waals surface area contributed by atoms with Gasteiger partial charge in [-0.1, -0.05) is 0 Å². The number of aryl methyl sites for hydroxylation is 2. The second-order valence-electron chi connectivity index (χ2n) is 4.50. The van der Waals surface area contributed by atoms with Crippen molar-refractivity contribution in [3.05, 3.63) is 45.9 Å². The summed E-state index contributed by atoms with van der Waals surface area (Å²) >= 11 is 0. The average Bonchev–Trinajstić information content (AvgIpc) is 2.83. The summed E-state index contributed by atoms with van der Waals surface area (Å²) in [6.45, 7) is 1.67. The third kappa shape index (κ3) is 3.14. The van der Waals surface area contributed by atoms with Crippen molar-refractivity contribution in [2.45, 2.75) is 13.0 Å². The van der Waals surface area contributed by atoms with Crippen LogP contribution in [0, 0.1) is 17.0 Å². The summed E-state index contributed by atoms with van der Waals surface area (Å²) in [5.74, 6) is -1.28. The lowest BCUT2D eigenvalue weighted by atomic mass is 10.1. The molecule has 0 fully saturated rings. The minimum absolute atomic E-state index is 0.0955. The molecule has 1 unspecified atom stereocenters. The first kappa shape index (κ1) is 14.4. The first-order valence-electron chi connectivity index (χ1n) is 5.97. The van der Waals surface area contributed by atoms with Crippen molar-refractivity contribution >= 4 is 17.5 Å². The normalized spacial score (nSPS) is 11.9. The fourth-order valence-corrected chi connectivity index (χ4v) is 1.82. The van der Waals surface area contributed by atoms with Crippen LogP contribution in [0.25, 0.3) is 0 Å². The molecule has 0 aliphatic rings. The topological polar surface area (TPSA) is 123 Å². The Morgan fingerprint density at radius 1 is 1.52 bits per heavy atom. The van der Waals surface area contributed by atoms with Gasteiger partial charge in [-0.15, -0.1) is 0 Å². The van der Waals surface area contributed by atoms with Gasteiger partial charge >= 0.3 is 11.7 Å². The number of hydrogen-bond donors (Lipinski definition) is 2. The minimum atomic E-state index is -1.18. The highest BCUT2D eigenvalue weighted by atomic mass is 16.6. The molecule has 0 aliphatic heterocycles. The Hall–Kier alpha value is -2.97. The Morgan fingerprint density at radius 2 is 2.24 bits per heavy atom. The zero-order chi connectivity index (χ0) is 15.6. The molecule has 2 heterocycles. The van der Waals surface area contributed by atoms with Crippen LogP contribution in [0.3, 0.4) is 0 Å². The molecular formula is C12H13N5O4. The molecule has 0 amide bonds. The van der Waals surface area contributed by atoms with Crippen molar-refractivity contribution in [1.29, 1.82) is 0 Å². The fraction of sp³-hybridized carbons (Fsp3) is 0.250. The second kappa shape index (κ2) is 5.57. The number of aromatic nitrogens is 3. The van der Waals surface area contributed by atoms with E-state index in [1.165, 1.54) is 29.3 Å². The number of aliphatic carboxylic acids is 1. The maximum Gasteiger partial charge on any atom is 0.330 e. The number of nitro groups is 1. The highest BCUT2D eigenvalue weighted by molar-refractivity contribution is 5.79. The monoisotopic (exact) mass is 291 g/mol. The van der Waals surface area contributed by atoms with Crippen molar-refractivity contribution in [3.63, 3.8) is 0 Å². The zero-order valence-corrected chi connectivity index (χ0v) is 11.3. The molecule has 21 heavy (non-hydrogen) atoms. The highest BCUT2D eigenvalue weighted by Gasteiger charge is 2.25. The van der Waals surface area contributed by atoms with Crippen molar-refractivity contribution < 1.29 is 14.8 Å². The molecule has 2 rings (SSSR count). The van der Waals surface area contributed by atoms with Gasteiger partial charge in [0.25, 0.3) is 0 Å². The second-order valence-corrected chi connectivity index (χ2v) is 4.50. The molecule has 9 nitrogen and oxygen atoms in total. The lowest BCUT2D eigenvalue weighted by molar-refractivity contribution is -0.384. The number of hydrogen-bond acceptors (Lipinski definition) is 6. The largest absolute Gasteiger partial charge is 0.479 e. The Bertz CT molecular complexity index is 697. The van der Waals surface area contributed by atoms with Gasteiger partial charge in [0.05, 0.1) is 11.1 Å². The third-order valence-corrected chi connectivity index (χ3v) is 2.79. The van der Waals surface area contributed by atoms with Crippen LogP contribution in [0.2, 0.25) is 0 Å². The molecule has 2 aromatic heterocycles. The number of carboxylic acid groups (broad SMARTS) is 1. The lowest BCUT2D eigenvalue weighted by Gasteiger charge is -2.13. The Morgan fingerprint density at radius 3 is 2.76 bits per heavy atom. The third-order valence-electron chi connectivity index (χ3n) is 2.79. The van der Waals surface area contributed by atoms with Crippen molar-refractivity contribution in [1.82, 2.24) is 14.8 Å². The van der Waals surface area contributed by atoms with E-state index in [9.17, 15) is 20.0 Å². The van der Waals surface area contributed by atoms with E-state index in [4.69, 9.17) is 0 Å². The van der Waals surface area contributed by atoms with Gasteiger partial charge in [0, 0.05) is 31.1 Å². The predicted octanol–water partition coefficient (Wildman–Crippen LogP) is 1.27. The van der Waals surface area contributed by atoms with E-state index in [2.05, 4.69) is 15.4 Å². The molecule has 110 valence electrons. The number of carboxylic acids is 1. The maximum absolute atomic E-state index is 11.4. The highest BCUT2D eigenvalue weighted by Crippen LogP contribution is 2.26. The van der Waals surface area contributed by atoms with Crippen LogP contribution < -0.4 is 5.32 Å². The summed E-state index contributed by atoms with van der Waals surface area (Å²) in [6.07, 6.45) is 4.33.